The summed E-state index contributed by atoms with van der Waals surface area (Å²) < 4.78 is 18.4. The van der Waals surface area contributed by atoms with Crippen molar-refractivity contribution < 1.29 is 9.18 Å². The summed E-state index contributed by atoms with van der Waals surface area (Å²) in [4.78, 5) is 15.4. The number of nitrogens with one attached hydrogen (secondary N) is 1. The van der Waals surface area contributed by atoms with Crippen molar-refractivity contribution in [3.8, 4) is 11.5 Å². The van der Waals surface area contributed by atoms with Crippen LogP contribution in [0.2, 0.25) is 0 Å². The van der Waals surface area contributed by atoms with Crippen molar-refractivity contribution in [2.75, 3.05) is 6.54 Å². The van der Waals surface area contributed by atoms with E-state index in [1.807, 2.05) is 66.3 Å². The zero-order valence-electron chi connectivity index (χ0n) is 20.3. The molecular weight excluding hydrogens is 441 g/mol. The second-order valence-corrected chi connectivity index (χ2v) is 9.44. The Morgan fingerprint density at radius 3 is 2.66 bits per heavy atom. The molecule has 6 nitrogen and oxygen atoms in total. The second kappa shape index (κ2) is 9.41. The highest BCUT2D eigenvalue weighted by Gasteiger charge is 2.36. The third-order valence-electron chi connectivity index (χ3n) is 6.51. The van der Waals surface area contributed by atoms with Crippen LogP contribution in [0.5, 0.6) is 0 Å². The zero-order chi connectivity index (χ0) is 24.5. The molecule has 2 aromatic carbocycles. The van der Waals surface area contributed by atoms with E-state index in [0.29, 0.717) is 19.0 Å². The summed E-state index contributed by atoms with van der Waals surface area (Å²) in [6.45, 7) is 7.17. The number of amides is 2. The molecule has 1 atom stereocenters. The normalized spacial score (nSPS) is 15.0. The third kappa shape index (κ3) is 4.34. The van der Waals surface area contributed by atoms with Crippen LogP contribution in [0.3, 0.4) is 0 Å². The lowest BCUT2D eigenvalue weighted by atomic mass is 10.0. The smallest absolute Gasteiger partial charge is 0.318 e. The van der Waals surface area contributed by atoms with Crippen LogP contribution < -0.4 is 5.32 Å². The molecule has 5 rings (SSSR count). The highest BCUT2D eigenvalue weighted by molar-refractivity contribution is 5.76. The minimum Gasteiger partial charge on any atom is -0.338 e. The van der Waals surface area contributed by atoms with E-state index in [4.69, 9.17) is 5.10 Å². The Hall–Kier alpha value is -3.87. The summed E-state index contributed by atoms with van der Waals surface area (Å²) in [5.41, 5.74) is 4.36. The van der Waals surface area contributed by atoms with E-state index in [1.165, 1.54) is 12.1 Å². The number of fused-ring (bicyclic) bond motifs is 3. The molecule has 2 aromatic heterocycles. The number of benzene rings is 2. The summed E-state index contributed by atoms with van der Waals surface area (Å²) in [5, 5.41) is 7.95. The van der Waals surface area contributed by atoms with E-state index in [1.54, 1.807) is 11.0 Å². The van der Waals surface area contributed by atoms with Gasteiger partial charge in [0.1, 0.15) is 11.6 Å². The molecule has 0 aliphatic carbocycles. The van der Waals surface area contributed by atoms with Crippen LogP contribution in [0.15, 0.2) is 72.9 Å². The van der Waals surface area contributed by atoms with Crippen LogP contribution in [0.25, 0.3) is 11.5 Å². The first-order valence-electron chi connectivity index (χ1n) is 12.1. The van der Waals surface area contributed by atoms with Crippen molar-refractivity contribution in [2.45, 2.75) is 39.8 Å². The highest BCUT2D eigenvalue weighted by atomic mass is 19.1. The lowest BCUT2D eigenvalue weighted by Crippen LogP contribution is -2.42. The first-order valence-corrected chi connectivity index (χ1v) is 12.1. The molecule has 4 aromatic rings. The topological polar surface area (TPSA) is 55.1 Å². The van der Waals surface area contributed by atoms with Crippen molar-refractivity contribution in [3.05, 3.63) is 101 Å². The molecule has 2 amide bonds. The van der Waals surface area contributed by atoms with Gasteiger partial charge in [-0.1, -0.05) is 44.2 Å². The fraction of sp³-hybridized carbons (Fsp3) is 0.286. The number of hydrogen-bond acceptors (Lipinski definition) is 2. The second-order valence-electron chi connectivity index (χ2n) is 9.44. The van der Waals surface area contributed by atoms with E-state index < -0.39 is 6.04 Å². The van der Waals surface area contributed by atoms with Crippen LogP contribution >= 0.6 is 0 Å². The fourth-order valence-electron chi connectivity index (χ4n) is 4.75. The molecule has 180 valence electrons. The number of carbonyl (C=O) groups excluding carboxylic acids is 1. The number of carbonyl (C=O) groups is 1. The van der Waals surface area contributed by atoms with Crippen LogP contribution in [0, 0.1) is 18.7 Å². The van der Waals surface area contributed by atoms with Gasteiger partial charge < -0.3 is 14.8 Å². The van der Waals surface area contributed by atoms with Gasteiger partial charge in [-0.05, 0) is 61.2 Å². The number of aromatic nitrogens is 3. The van der Waals surface area contributed by atoms with Gasteiger partial charge in [0.25, 0.3) is 0 Å². The standard InChI is InChI=1S/C28H30FN5O/c1-19(2)14-15-30-28(35)33-18-24-20(3)31-34(23-11-5-4-6-12-23)27(24)32-16-8-13-25(32)26(33)21-9-7-10-22(29)17-21/h4-13,16-17,19,26H,14-15,18H2,1-3H3,(H,30,35)/t26-/m0/s1. The van der Waals surface area contributed by atoms with Gasteiger partial charge in [-0.3, -0.25) is 0 Å². The predicted octanol–water partition coefficient (Wildman–Crippen LogP) is 5.77. The van der Waals surface area contributed by atoms with Gasteiger partial charge in [0.2, 0.25) is 0 Å². The summed E-state index contributed by atoms with van der Waals surface area (Å²) in [6.07, 6.45) is 2.87. The van der Waals surface area contributed by atoms with E-state index in [9.17, 15) is 9.18 Å². The zero-order valence-corrected chi connectivity index (χ0v) is 20.3. The van der Waals surface area contributed by atoms with Gasteiger partial charge >= 0.3 is 6.03 Å². The molecule has 0 spiro atoms. The summed E-state index contributed by atoms with van der Waals surface area (Å²) in [6, 6.07) is 19.8. The monoisotopic (exact) mass is 471 g/mol. The maximum Gasteiger partial charge on any atom is 0.318 e. The fourth-order valence-corrected chi connectivity index (χ4v) is 4.75. The summed E-state index contributed by atoms with van der Waals surface area (Å²) in [7, 11) is 0. The SMILES string of the molecule is Cc1nn(-c2ccccc2)c2c1CN(C(=O)NCCC(C)C)[C@@H](c1cccc(F)c1)c1cccn1-2. The predicted molar refractivity (Wildman–Crippen MR) is 134 cm³/mol. The first-order chi connectivity index (χ1) is 16.9. The molecular formula is C28H30FN5O. The lowest BCUT2D eigenvalue weighted by molar-refractivity contribution is 0.180. The van der Waals surface area contributed by atoms with Gasteiger partial charge in [0.15, 0.2) is 0 Å². The van der Waals surface area contributed by atoms with Crippen molar-refractivity contribution >= 4 is 6.03 Å². The molecule has 0 fully saturated rings. The van der Waals surface area contributed by atoms with Crippen molar-refractivity contribution in [1.82, 2.24) is 24.6 Å². The molecule has 1 aliphatic heterocycles. The molecule has 0 radical (unpaired) electrons. The number of rotatable bonds is 5. The van der Waals surface area contributed by atoms with E-state index in [2.05, 4.69) is 23.7 Å². The molecule has 35 heavy (non-hydrogen) atoms. The van der Waals surface area contributed by atoms with Crippen LogP contribution in [-0.4, -0.2) is 31.8 Å². The Morgan fingerprint density at radius 2 is 1.91 bits per heavy atom. The van der Waals surface area contributed by atoms with Crippen molar-refractivity contribution in [1.29, 1.82) is 0 Å². The molecule has 1 N–H and O–H groups in total. The average Bonchev–Trinajstić information content (AvgIpc) is 3.40. The number of hydrogen-bond donors (Lipinski definition) is 1. The number of para-hydroxylation sites is 1. The molecule has 0 saturated heterocycles. The van der Waals surface area contributed by atoms with Crippen LogP contribution in [0.1, 0.15) is 48.8 Å². The molecule has 0 unspecified atom stereocenters. The van der Waals surface area contributed by atoms with Gasteiger partial charge in [-0.2, -0.15) is 5.10 Å². The van der Waals surface area contributed by atoms with E-state index in [0.717, 1.165) is 40.4 Å². The first kappa shape index (κ1) is 22.9. The van der Waals surface area contributed by atoms with E-state index >= 15 is 0 Å². The molecule has 7 heteroatoms. The summed E-state index contributed by atoms with van der Waals surface area (Å²) in [5.74, 6) is 1.05. The minimum absolute atomic E-state index is 0.174. The van der Waals surface area contributed by atoms with Gasteiger partial charge in [-0.15, -0.1) is 0 Å². The van der Waals surface area contributed by atoms with Gasteiger partial charge in [-0.25, -0.2) is 13.9 Å². The molecule has 3 heterocycles. The van der Waals surface area contributed by atoms with Crippen LogP contribution in [-0.2, 0) is 6.54 Å². The van der Waals surface area contributed by atoms with E-state index in [-0.39, 0.29) is 11.8 Å². The largest absolute Gasteiger partial charge is 0.338 e. The Bertz CT molecular complexity index is 1340. The Morgan fingerprint density at radius 1 is 1.11 bits per heavy atom. The quantitative estimate of drug-likeness (QED) is 0.402. The highest BCUT2D eigenvalue weighted by Crippen LogP contribution is 2.38. The molecule has 1 aliphatic rings. The number of aryl methyl sites for hydroxylation is 1. The third-order valence-corrected chi connectivity index (χ3v) is 6.51. The van der Waals surface area contributed by atoms with Crippen molar-refractivity contribution in [2.24, 2.45) is 5.92 Å². The number of nitrogens with zero attached hydrogens (tertiary/aromatic N) is 4. The Kier molecular flexibility index (Phi) is 6.16. The Balaban J connectivity index is 1.67. The van der Waals surface area contributed by atoms with Gasteiger partial charge in [0.05, 0.1) is 29.7 Å². The maximum atomic E-state index is 14.4. The van der Waals surface area contributed by atoms with Gasteiger partial charge in [0, 0.05) is 18.3 Å². The molecule has 0 bridgehead atoms. The van der Waals surface area contributed by atoms with Crippen LogP contribution in [0.4, 0.5) is 9.18 Å². The Labute approximate surface area is 205 Å². The average molecular weight is 472 g/mol. The number of halogens is 1. The minimum atomic E-state index is -0.462. The number of urea groups is 1. The lowest BCUT2D eigenvalue weighted by Gasteiger charge is -2.31. The van der Waals surface area contributed by atoms with Crippen molar-refractivity contribution in [3.63, 3.8) is 0 Å². The molecule has 0 saturated carbocycles. The summed E-state index contributed by atoms with van der Waals surface area (Å²) >= 11 is 0. The maximum absolute atomic E-state index is 14.4.